The van der Waals surface area contributed by atoms with Crippen molar-refractivity contribution < 1.29 is 4.74 Å². The number of nitrogens with two attached hydrogens (primary N) is 1. The van der Waals surface area contributed by atoms with E-state index in [1.54, 1.807) is 7.11 Å². The number of hydrogen-bond donors (Lipinski definition) is 1. The van der Waals surface area contributed by atoms with Gasteiger partial charge in [-0.2, -0.15) is 0 Å². The molecule has 1 saturated carbocycles. The highest BCUT2D eigenvalue weighted by molar-refractivity contribution is 4.77. The first-order valence-electron chi connectivity index (χ1n) is 3.11. The predicted octanol–water partition coefficient (Wildman–Crippen LogP) is 0.513. The summed E-state index contributed by atoms with van der Waals surface area (Å²) in [7, 11) is 1.75. The van der Waals surface area contributed by atoms with Gasteiger partial charge in [0.05, 0.1) is 6.10 Å². The average molecular weight is 115 g/mol. The minimum Gasteiger partial charge on any atom is -0.381 e. The molecule has 1 rings (SSSR count). The zero-order valence-electron chi connectivity index (χ0n) is 5.26. The maximum absolute atomic E-state index is 5.62. The quantitative estimate of drug-likeness (QED) is 0.540. The van der Waals surface area contributed by atoms with Gasteiger partial charge in [0.25, 0.3) is 0 Å². The molecule has 0 aromatic heterocycles. The van der Waals surface area contributed by atoms with Crippen molar-refractivity contribution in [1.29, 1.82) is 0 Å². The van der Waals surface area contributed by atoms with E-state index in [0.29, 0.717) is 12.1 Å². The highest BCUT2D eigenvalue weighted by Gasteiger charge is 2.20. The maximum Gasteiger partial charge on any atom is 0.0586 e. The Hall–Kier alpha value is -0.0800. The fourth-order valence-electron chi connectivity index (χ4n) is 1.19. The fraction of sp³-hybridized carbons (Fsp3) is 1.00. The molecule has 1 aliphatic rings. The molecule has 0 radical (unpaired) electrons. The molecular weight excluding hydrogens is 102 g/mol. The monoisotopic (exact) mass is 115 g/mol. The van der Waals surface area contributed by atoms with Crippen molar-refractivity contribution in [2.75, 3.05) is 7.11 Å². The van der Waals surface area contributed by atoms with Crippen LogP contribution in [0.2, 0.25) is 0 Å². The highest BCUT2D eigenvalue weighted by atomic mass is 16.5. The van der Waals surface area contributed by atoms with Gasteiger partial charge in [-0.05, 0) is 19.3 Å². The Balaban J connectivity index is 2.22. The third kappa shape index (κ3) is 1.20. The van der Waals surface area contributed by atoms with Crippen LogP contribution in [0.25, 0.3) is 0 Å². The summed E-state index contributed by atoms with van der Waals surface area (Å²) in [5, 5.41) is 0. The second-order valence-electron chi connectivity index (χ2n) is 2.43. The summed E-state index contributed by atoms with van der Waals surface area (Å²) in [6.07, 6.45) is 3.79. The fourth-order valence-corrected chi connectivity index (χ4v) is 1.19. The molecular formula is C6H13NO. The smallest absolute Gasteiger partial charge is 0.0586 e. The number of rotatable bonds is 1. The van der Waals surface area contributed by atoms with Crippen molar-refractivity contribution in [3.63, 3.8) is 0 Å². The maximum atomic E-state index is 5.62. The van der Waals surface area contributed by atoms with Crippen molar-refractivity contribution in [2.24, 2.45) is 5.73 Å². The summed E-state index contributed by atoms with van der Waals surface area (Å²) in [5.74, 6) is 0. The molecule has 2 nitrogen and oxygen atoms in total. The van der Waals surface area contributed by atoms with E-state index >= 15 is 0 Å². The Morgan fingerprint density at radius 3 is 2.50 bits per heavy atom. The van der Waals surface area contributed by atoms with Gasteiger partial charge in [-0.25, -0.2) is 0 Å². The van der Waals surface area contributed by atoms with Crippen LogP contribution in [0.5, 0.6) is 0 Å². The summed E-state index contributed by atoms with van der Waals surface area (Å²) in [4.78, 5) is 0. The zero-order valence-corrected chi connectivity index (χ0v) is 5.26. The van der Waals surface area contributed by atoms with Crippen LogP contribution in [-0.4, -0.2) is 19.3 Å². The van der Waals surface area contributed by atoms with E-state index in [2.05, 4.69) is 0 Å². The van der Waals surface area contributed by atoms with Crippen molar-refractivity contribution in [3.8, 4) is 0 Å². The van der Waals surface area contributed by atoms with Gasteiger partial charge in [-0.1, -0.05) is 0 Å². The van der Waals surface area contributed by atoms with Crippen LogP contribution in [0, 0.1) is 0 Å². The lowest BCUT2D eigenvalue weighted by Crippen LogP contribution is -2.16. The van der Waals surface area contributed by atoms with E-state index in [-0.39, 0.29) is 0 Å². The minimum absolute atomic E-state index is 0.403. The van der Waals surface area contributed by atoms with Gasteiger partial charge in [0.2, 0.25) is 0 Å². The molecule has 1 aliphatic carbocycles. The van der Waals surface area contributed by atoms with Crippen LogP contribution < -0.4 is 5.73 Å². The van der Waals surface area contributed by atoms with Gasteiger partial charge in [0, 0.05) is 13.2 Å². The van der Waals surface area contributed by atoms with Gasteiger partial charge < -0.3 is 10.5 Å². The van der Waals surface area contributed by atoms with Gasteiger partial charge >= 0.3 is 0 Å². The zero-order chi connectivity index (χ0) is 5.98. The SMILES string of the molecule is COC1CC[C@@H](N)C1. The summed E-state index contributed by atoms with van der Waals surface area (Å²) >= 11 is 0. The largest absolute Gasteiger partial charge is 0.381 e. The Morgan fingerprint density at radius 2 is 2.25 bits per heavy atom. The lowest BCUT2D eigenvalue weighted by molar-refractivity contribution is 0.108. The van der Waals surface area contributed by atoms with E-state index in [4.69, 9.17) is 10.5 Å². The molecule has 0 spiro atoms. The second kappa shape index (κ2) is 2.46. The Kier molecular flexibility index (Phi) is 1.86. The van der Waals surface area contributed by atoms with Gasteiger partial charge in [0.1, 0.15) is 0 Å². The Labute approximate surface area is 50.0 Å². The molecule has 0 amide bonds. The van der Waals surface area contributed by atoms with E-state index < -0.39 is 0 Å². The lowest BCUT2D eigenvalue weighted by Gasteiger charge is -2.04. The standard InChI is InChI=1S/C6H13NO/c1-8-6-3-2-5(7)4-6/h5-6H,2-4,7H2,1H3/t5-,6?/m1/s1. The number of hydrogen-bond acceptors (Lipinski definition) is 2. The van der Waals surface area contributed by atoms with Crippen LogP contribution >= 0.6 is 0 Å². The summed E-state index contributed by atoms with van der Waals surface area (Å²) < 4.78 is 5.10. The molecule has 1 fully saturated rings. The normalized spacial score (nSPS) is 38.2. The first-order valence-corrected chi connectivity index (χ1v) is 3.11. The molecule has 48 valence electrons. The lowest BCUT2D eigenvalue weighted by atomic mass is 10.3. The van der Waals surface area contributed by atoms with E-state index in [1.165, 1.54) is 0 Å². The van der Waals surface area contributed by atoms with Crippen LogP contribution in [0.4, 0.5) is 0 Å². The second-order valence-corrected chi connectivity index (χ2v) is 2.43. The summed E-state index contributed by atoms with van der Waals surface area (Å²) in [5.41, 5.74) is 5.62. The van der Waals surface area contributed by atoms with Crippen molar-refractivity contribution >= 4 is 0 Å². The number of ether oxygens (including phenoxy) is 1. The molecule has 0 aromatic carbocycles. The molecule has 1 unspecified atom stereocenters. The minimum atomic E-state index is 0.403. The molecule has 0 bridgehead atoms. The third-order valence-electron chi connectivity index (χ3n) is 1.76. The first kappa shape index (κ1) is 6.05. The summed E-state index contributed by atoms with van der Waals surface area (Å²) in [6, 6.07) is 0.403. The average Bonchev–Trinajstić information content (AvgIpc) is 2.14. The number of methoxy groups -OCH3 is 1. The van der Waals surface area contributed by atoms with Crippen LogP contribution in [0.3, 0.4) is 0 Å². The molecule has 0 heterocycles. The van der Waals surface area contributed by atoms with Crippen LogP contribution in [0.1, 0.15) is 19.3 Å². The molecule has 2 heteroatoms. The van der Waals surface area contributed by atoms with E-state index in [1.807, 2.05) is 0 Å². The summed E-state index contributed by atoms with van der Waals surface area (Å²) in [6.45, 7) is 0. The Morgan fingerprint density at radius 1 is 1.50 bits per heavy atom. The van der Waals surface area contributed by atoms with Crippen LogP contribution in [0.15, 0.2) is 0 Å². The van der Waals surface area contributed by atoms with Crippen LogP contribution in [-0.2, 0) is 4.74 Å². The topological polar surface area (TPSA) is 35.2 Å². The highest BCUT2D eigenvalue weighted by Crippen LogP contribution is 2.18. The van der Waals surface area contributed by atoms with E-state index in [0.717, 1.165) is 19.3 Å². The van der Waals surface area contributed by atoms with Crippen molar-refractivity contribution in [2.45, 2.75) is 31.4 Å². The van der Waals surface area contributed by atoms with E-state index in [9.17, 15) is 0 Å². The Bertz CT molecular complexity index is 74.9. The van der Waals surface area contributed by atoms with Crippen molar-refractivity contribution in [1.82, 2.24) is 0 Å². The predicted molar refractivity (Wildman–Crippen MR) is 32.6 cm³/mol. The molecule has 0 saturated heterocycles. The molecule has 0 aliphatic heterocycles. The first-order chi connectivity index (χ1) is 3.83. The van der Waals surface area contributed by atoms with Gasteiger partial charge in [-0.15, -0.1) is 0 Å². The molecule has 2 N–H and O–H groups in total. The molecule has 0 aromatic rings. The van der Waals surface area contributed by atoms with Gasteiger partial charge in [0.15, 0.2) is 0 Å². The molecule has 8 heavy (non-hydrogen) atoms. The van der Waals surface area contributed by atoms with Crippen molar-refractivity contribution in [3.05, 3.63) is 0 Å². The molecule has 2 atom stereocenters. The third-order valence-corrected chi connectivity index (χ3v) is 1.76. The van der Waals surface area contributed by atoms with Gasteiger partial charge in [-0.3, -0.25) is 0 Å².